The van der Waals surface area contributed by atoms with Crippen molar-refractivity contribution in [1.29, 1.82) is 0 Å². The summed E-state index contributed by atoms with van der Waals surface area (Å²) in [6.45, 7) is 0.387. The van der Waals surface area contributed by atoms with Crippen LogP contribution >= 0.6 is 0 Å². The van der Waals surface area contributed by atoms with Crippen molar-refractivity contribution in [3.05, 3.63) is 94.8 Å². The van der Waals surface area contributed by atoms with Crippen molar-refractivity contribution >= 4 is 5.69 Å². The van der Waals surface area contributed by atoms with Gasteiger partial charge in [-0.3, -0.25) is 4.79 Å². The quantitative estimate of drug-likeness (QED) is 0.416. The minimum absolute atomic E-state index is 0.158. The SMILES string of the molecule is COc1ccc(-c2cc(=O)n(Cc3ccc(N(C)C)cc3)nc2-c2ccc(OC)cc2)cc1. The Bertz CT molecular complexity index is 1280. The van der Waals surface area contributed by atoms with Crippen LogP contribution in [0.25, 0.3) is 22.4 Å². The van der Waals surface area contributed by atoms with E-state index in [0.29, 0.717) is 6.54 Å². The summed E-state index contributed by atoms with van der Waals surface area (Å²) in [5.74, 6) is 1.52. The first-order valence-electron chi connectivity index (χ1n) is 10.7. The molecule has 6 nitrogen and oxygen atoms in total. The first-order valence-corrected chi connectivity index (χ1v) is 10.7. The number of hydrogen-bond donors (Lipinski definition) is 0. The first-order chi connectivity index (χ1) is 16.0. The number of methoxy groups -OCH3 is 2. The van der Waals surface area contributed by atoms with E-state index in [-0.39, 0.29) is 5.56 Å². The molecule has 0 saturated heterocycles. The molecule has 1 aromatic heterocycles. The zero-order valence-corrected chi connectivity index (χ0v) is 19.3. The summed E-state index contributed by atoms with van der Waals surface area (Å²) in [4.78, 5) is 15.1. The molecule has 33 heavy (non-hydrogen) atoms. The van der Waals surface area contributed by atoms with Gasteiger partial charge in [-0.2, -0.15) is 5.10 Å². The van der Waals surface area contributed by atoms with Gasteiger partial charge in [-0.25, -0.2) is 4.68 Å². The first kappa shape index (κ1) is 22.1. The minimum atomic E-state index is -0.158. The number of rotatable bonds is 7. The fourth-order valence-corrected chi connectivity index (χ4v) is 3.63. The van der Waals surface area contributed by atoms with E-state index >= 15 is 0 Å². The molecule has 0 fully saturated rings. The van der Waals surface area contributed by atoms with E-state index in [1.165, 1.54) is 4.68 Å². The molecule has 0 bridgehead atoms. The Kier molecular flexibility index (Phi) is 6.45. The largest absolute Gasteiger partial charge is 0.497 e. The maximum Gasteiger partial charge on any atom is 0.267 e. The van der Waals surface area contributed by atoms with Crippen LogP contribution in [0.5, 0.6) is 11.5 Å². The highest BCUT2D eigenvalue weighted by Gasteiger charge is 2.14. The third-order valence-corrected chi connectivity index (χ3v) is 5.55. The van der Waals surface area contributed by atoms with Crippen molar-refractivity contribution in [2.75, 3.05) is 33.2 Å². The predicted molar refractivity (Wildman–Crippen MR) is 132 cm³/mol. The predicted octanol–water partition coefficient (Wildman–Crippen LogP) is 4.71. The van der Waals surface area contributed by atoms with Crippen LogP contribution in [0, 0.1) is 0 Å². The fraction of sp³-hybridized carbons (Fsp3) is 0.185. The van der Waals surface area contributed by atoms with Crippen molar-refractivity contribution in [3.63, 3.8) is 0 Å². The van der Waals surface area contributed by atoms with Crippen LogP contribution in [0.2, 0.25) is 0 Å². The summed E-state index contributed by atoms with van der Waals surface area (Å²) >= 11 is 0. The topological polar surface area (TPSA) is 56.6 Å². The lowest BCUT2D eigenvalue weighted by Crippen LogP contribution is -2.24. The molecular weight excluding hydrogens is 414 g/mol. The number of aromatic nitrogens is 2. The Labute approximate surface area is 193 Å². The van der Waals surface area contributed by atoms with E-state index in [2.05, 4.69) is 0 Å². The van der Waals surface area contributed by atoms with Crippen molar-refractivity contribution < 1.29 is 9.47 Å². The molecule has 0 aliphatic heterocycles. The highest BCUT2D eigenvalue weighted by atomic mass is 16.5. The molecule has 1 heterocycles. The third-order valence-electron chi connectivity index (χ3n) is 5.55. The molecule has 0 aliphatic carbocycles. The van der Waals surface area contributed by atoms with E-state index in [0.717, 1.165) is 45.1 Å². The molecule has 168 valence electrons. The smallest absolute Gasteiger partial charge is 0.267 e. The Morgan fingerprint density at radius 3 is 1.85 bits per heavy atom. The molecule has 0 radical (unpaired) electrons. The van der Waals surface area contributed by atoms with E-state index < -0.39 is 0 Å². The summed E-state index contributed by atoms with van der Waals surface area (Å²) in [7, 11) is 7.27. The number of hydrogen-bond acceptors (Lipinski definition) is 5. The van der Waals surface area contributed by atoms with Crippen molar-refractivity contribution in [2.24, 2.45) is 0 Å². The van der Waals surface area contributed by atoms with Gasteiger partial charge in [0.05, 0.1) is 26.5 Å². The average molecular weight is 442 g/mol. The second-order valence-electron chi connectivity index (χ2n) is 7.92. The van der Waals surface area contributed by atoms with Gasteiger partial charge in [-0.1, -0.05) is 24.3 Å². The van der Waals surface area contributed by atoms with E-state index in [4.69, 9.17) is 14.6 Å². The molecule has 0 N–H and O–H groups in total. The van der Waals surface area contributed by atoms with Gasteiger partial charge >= 0.3 is 0 Å². The van der Waals surface area contributed by atoms with Crippen LogP contribution in [-0.4, -0.2) is 38.1 Å². The summed E-state index contributed by atoms with van der Waals surface area (Å²) in [6.07, 6.45) is 0. The molecule has 3 aromatic carbocycles. The van der Waals surface area contributed by atoms with Gasteiger partial charge in [-0.05, 0) is 59.7 Å². The molecule has 6 heteroatoms. The van der Waals surface area contributed by atoms with Crippen LogP contribution in [-0.2, 0) is 6.54 Å². The maximum absolute atomic E-state index is 13.0. The van der Waals surface area contributed by atoms with Gasteiger partial charge in [0.2, 0.25) is 0 Å². The zero-order chi connectivity index (χ0) is 23.4. The molecule has 4 rings (SSSR count). The number of benzene rings is 3. The van der Waals surface area contributed by atoms with Crippen molar-refractivity contribution in [1.82, 2.24) is 9.78 Å². The zero-order valence-electron chi connectivity index (χ0n) is 19.3. The van der Waals surface area contributed by atoms with Gasteiger partial charge in [0, 0.05) is 37.0 Å². The molecule has 0 atom stereocenters. The average Bonchev–Trinajstić information content (AvgIpc) is 2.85. The second kappa shape index (κ2) is 9.61. The summed E-state index contributed by atoms with van der Waals surface area (Å²) in [6, 6.07) is 25.1. The summed E-state index contributed by atoms with van der Waals surface area (Å²) in [5, 5.41) is 4.79. The second-order valence-corrected chi connectivity index (χ2v) is 7.92. The number of nitrogens with zero attached hydrogens (tertiary/aromatic N) is 3. The van der Waals surface area contributed by atoms with E-state index in [9.17, 15) is 4.79 Å². The van der Waals surface area contributed by atoms with Gasteiger partial charge in [0.1, 0.15) is 11.5 Å². The monoisotopic (exact) mass is 441 g/mol. The molecular formula is C27H27N3O3. The number of anilines is 1. The van der Waals surface area contributed by atoms with Crippen LogP contribution < -0.4 is 19.9 Å². The molecule has 0 spiro atoms. The summed E-state index contributed by atoms with van der Waals surface area (Å²) < 4.78 is 12.1. The Balaban J connectivity index is 1.79. The highest BCUT2D eigenvalue weighted by Crippen LogP contribution is 2.31. The van der Waals surface area contributed by atoms with E-state index in [1.807, 2.05) is 91.8 Å². The van der Waals surface area contributed by atoms with E-state index in [1.54, 1.807) is 20.3 Å². The van der Waals surface area contributed by atoms with Gasteiger partial charge < -0.3 is 14.4 Å². The molecule has 0 aliphatic rings. The van der Waals surface area contributed by atoms with Gasteiger partial charge in [-0.15, -0.1) is 0 Å². The third kappa shape index (κ3) is 4.90. The van der Waals surface area contributed by atoms with Gasteiger partial charge in [0.25, 0.3) is 5.56 Å². The lowest BCUT2D eigenvalue weighted by atomic mass is 10.00. The van der Waals surface area contributed by atoms with Gasteiger partial charge in [0.15, 0.2) is 0 Å². The van der Waals surface area contributed by atoms with Crippen LogP contribution in [0.1, 0.15) is 5.56 Å². The Morgan fingerprint density at radius 1 is 0.788 bits per heavy atom. The van der Waals surface area contributed by atoms with Crippen molar-refractivity contribution in [3.8, 4) is 33.9 Å². The molecule has 0 unspecified atom stereocenters. The normalized spacial score (nSPS) is 10.7. The van der Waals surface area contributed by atoms with Crippen LogP contribution in [0.15, 0.2) is 83.7 Å². The van der Waals surface area contributed by atoms with Crippen LogP contribution in [0.3, 0.4) is 0 Å². The molecule has 0 saturated carbocycles. The van der Waals surface area contributed by atoms with Crippen LogP contribution in [0.4, 0.5) is 5.69 Å². The minimum Gasteiger partial charge on any atom is -0.497 e. The Hall–Kier alpha value is -4.06. The van der Waals surface area contributed by atoms with Crippen molar-refractivity contribution in [2.45, 2.75) is 6.54 Å². The number of ether oxygens (including phenoxy) is 2. The maximum atomic E-state index is 13.0. The lowest BCUT2D eigenvalue weighted by Gasteiger charge is -2.15. The highest BCUT2D eigenvalue weighted by molar-refractivity contribution is 5.80. The summed E-state index contributed by atoms with van der Waals surface area (Å²) in [5.41, 5.74) is 5.25. The molecule has 4 aromatic rings. The fourth-order valence-electron chi connectivity index (χ4n) is 3.63. The Morgan fingerprint density at radius 2 is 1.33 bits per heavy atom. The standard InChI is InChI=1S/C27H27N3O3/c1-29(2)22-11-5-19(6-12-22)18-30-26(31)17-25(20-7-13-23(32-3)14-8-20)27(28-30)21-9-15-24(33-4)16-10-21/h5-17H,18H2,1-4H3. The lowest BCUT2D eigenvalue weighted by molar-refractivity contribution is 0.414. The molecule has 0 amide bonds.